The van der Waals surface area contributed by atoms with Gasteiger partial charge < -0.3 is 25.3 Å². The monoisotopic (exact) mass is 264 g/mol. The van der Waals surface area contributed by atoms with Gasteiger partial charge in [-0.05, 0) is 18.2 Å². The Morgan fingerprint density at radius 3 is 2.84 bits per heavy atom. The van der Waals surface area contributed by atoms with E-state index in [1.807, 2.05) is 19.9 Å². The van der Waals surface area contributed by atoms with Crippen LogP contribution in [0.15, 0.2) is 24.4 Å². The molecule has 5 heteroatoms. The molecule has 2 aromatic rings. The van der Waals surface area contributed by atoms with Gasteiger partial charge in [-0.2, -0.15) is 0 Å². The minimum absolute atomic E-state index is 0.0797. The molecule has 1 atom stereocenters. The van der Waals surface area contributed by atoms with Crippen molar-refractivity contribution in [3.05, 3.63) is 24.4 Å². The van der Waals surface area contributed by atoms with Gasteiger partial charge in [-0.3, -0.25) is 0 Å². The first-order chi connectivity index (χ1) is 9.08. The van der Waals surface area contributed by atoms with Crippen molar-refractivity contribution in [2.45, 2.75) is 26.0 Å². The predicted molar refractivity (Wildman–Crippen MR) is 74.6 cm³/mol. The number of aromatic amines is 1. The number of benzene rings is 1. The molecule has 0 radical (unpaired) electrons. The van der Waals surface area contributed by atoms with Crippen LogP contribution in [0.1, 0.15) is 13.8 Å². The first-order valence-corrected chi connectivity index (χ1v) is 6.41. The highest BCUT2D eigenvalue weighted by atomic mass is 16.5. The molecule has 0 aliphatic carbocycles. The molecule has 0 saturated heterocycles. The highest BCUT2D eigenvalue weighted by molar-refractivity contribution is 5.88. The Hall–Kier alpha value is -1.72. The van der Waals surface area contributed by atoms with E-state index in [0.29, 0.717) is 18.3 Å². The predicted octanol–water partition coefficient (Wildman–Crippen LogP) is 1.61. The van der Waals surface area contributed by atoms with Gasteiger partial charge in [0.25, 0.3) is 0 Å². The Balaban J connectivity index is 2.01. The molecular weight excluding hydrogens is 244 g/mol. The fourth-order valence-electron chi connectivity index (χ4n) is 1.86. The zero-order valence-corrected chi connectivity index (χ0v) is 11.2. The topological polar surface area (TPSA) is 77.5 Å². The Labute approximate surface area is 112 Å². The Morgan fingerprint density at radius 1 is 1.32 bits per heavy atom. The summed E-state index contributed by atoms with van der Waals surface area (Å²) in [4.78, 5) is 3.05. The maximum absolute atomic E-state index is 9.82. The number of fused-ring (bicyclic) bond motifs is 1. The second-order valence-electron chi connectivity index (χ2n) is 4.88. The van der Waals surface area contributed by atoms with Gasteiger partial charge in [-0.15, -0.1) is 0 Å². The molecule has 4 N–H and O–H groups in total. The summed E-state index contributed by atoms with van der Waals surface area (Å²) < 4.78 is 5.54. The second-order valence-corrected chi connectivity index (χ2v) is 4.88. The van der Waals surface area contributed by atoms with Crippen molar-refractivity contribution in [1.29, 1.82) is 0 Å². The van der Waals surface area contributed by atoms with Crippen LogP contribution in [0.5, 0.6) is 11.5 Å². The second kappa shape index (κ2) is 5.95. The van der Waals surface area contributed by atoms with Gasteiger partial charge in [0.2, 0.25) is 0 Å². The summed E-state index contributed by atoms with van der Waals surface area (Å²) in [5.74, 6) is 0.485. The quantitative estimate of drug-likeness (QED) is 0.639. The molecule has 5 nitrogen and oxygen atoms in total. The Morgan fingerprint density at radius 2 is 2.11 bits per heavy atom. The molecule has 0 saturated carbocycles. The number of phenols is 1. The first-order valence-electron chi connectivity index (χ1n) is 6.41. The van der Waals surface area contributed by atoms with Crippen molar-refractivity contribution in [1.82, 2.24) is 10.3 Å². The number of hydrogen-bond acceptors (Lipinski definition) is 4. The van der Waals surface area contributed by atoms with E-state index < -0.39 is 6.10 Å². The van der Waals surface area contributed by atoms with Crippen molar-refractivity contribution in [3.63, 3.8) is 0 Å². The van der Waals surface area contributed by atoms with Crippen LogP contribution in [0.4, 0.5) is 0 Å². The van der Waals surface area contributed by atoms with E-state index in [2.05, 4.69) is 10.3 Å². The molecule has 19 heavy (non-hydrogen) atoms. The third-order valence-electron chi connectivity index (χ3n) is 2.85. The van der Waals surface area contributed by atoms with Crippen molar-refractivity contribution >= 4 is 10.9 Å². The largest absolute Gasteiger partial charge is 0.504 e. The average Bonchev–Trinajstić information content (AvgIpc) is 2.83. The average molecular weight is 264 g/mol. The highest BCUT2D eigenvalue weighted by Gasteiger charge is 2.12. The summed E-state index contributed by atoms with van der Waals surface area (Å²) in [6, 6.07) is 5.51. The SMILES string of the molecule is CC(C)NCC(O)COc1c(O)ccc2[nH]ccc12. The number of ether oxygens (including phenoxy) is 1. The van der Waals surface area contributed by atoms with Gasteiger partial charge in [0.1, 0.15) is 12.7 Å². The minimum Gasteiger partial charge on any atom is -0.504 e. The van der Waals surface area contributed by atoms with Gasteiger partial charge in [0.05, 0.1) is 0 Å². The number of aromatic hydroxyl groups is 1. The van der Waals surface area contributed by atoms with E-state index >= 15 is 0 Å². The summed E-state index contributed by atoms with van der Waals surface area (Å²) in [6.45, 7) is 4.62. The highest BCUT2D eigenvalue weighted by Crippen LogP contribution is 2.34. The van der Waals surface area contributed by atoms with Gasteiger partial charge in [-0.25, -0.2) is 0 Å². The number of phenolic OH excluding ortho intramolecular Hbond substituents is 1. The van der Waals surface area contributed by atoms with Crippen LogP contribution in [0.3, 0.4) is 0 Å². The number of nitrogens with one attached hydrogen (secondary N) is 2. The van der Waals surface area contributed by atoms with Gasteiger partial charge >= 0.3 is 0 Å². The first kappa shape index (κ1) is 13.7. The lowest BCUT2D eigenvalue weighted by Gasteiger charge is -2.16. The van der Waals surface area contributed by atoms with Crippen LogP contribution in [-0.2, 0) is 0 Å². The molecule has 2 rings (SSSR count). The lowest BCUT2D eigenvalue weighted by Crippen LogP contribution is -2.35. The molecule has 0 aliphatic heterocycles. The summed E-state index contributed by atoms with van der Waals surface area (Å²) in [6.07, 6.45) is 1.17. The van der Waals surface area contributed by atoms with Crippen molar-refractivity contribution in [3.8, 4) is 11.5 Å². The molecule has 0 fully saturated rings. The van der Waals surface area contributed by atoms with Crippen LogP contribution in [0.2, 0.25) is 0 Å². The molecule has 0 amide bonds. The summed E-state index contributed by atoms with van der Waals surface area (Å²) >= 11 is 0. The van der Waals surface area contributed by atoms with E-state index in [9.17, 15) is 10.2 Å². The zero-order valence-electron chi connectivity index (χ0n) is 11.2. The van der Waals surface area contributed by atoms with Crippen LogP contribution in [0, 0.1) is 0 Å². The number of rotatable bonds is 6. The van der Waals surface area contributed by atoms with E-state index in [-0.39, 0.29) is 12.4 Å². The van der Waals surface area contributed by atoms with Gasteiger partial charge in [0.15, 0.2) is 11.5 Å². The fraction of sp³-hybridized carbons (Fsp3) is 0.429. The van der Waals surface area contributed by atoms with Crippen LogP contribution < -0.4 is 10.1 Å². The molecule has 0 bridgehead atoms. The molecule has 1 unspecified atom stereocenters. The smallest absolute Gasteiger partial charge is 0.170 e. The van der Waals surface area contributed by atoms with Crippen LogP contribution >= 0.6 is 0 Å². The minimum atomic E-state index is -0.615. The Bertz CT molecular complexity index is 536. The summed E-state index contributed by atoms with van der Waals surface area (Å²) in [5, 5.41) is 23.6. The van der Waals surface area contributed by atoms with E-state index in [1.54, 1.807) is 18.3 Å². The standard InChI is InChI=1S/C14H20N2O3/c1-9(2)16-7-10(17)8-19-14-11-5-6-15-12(11)3-4-13(14)18/h3-6,9-10,15-18H,7-8H2,1-2H3. The number of aliphatic hydroxyl groups excluding tert-OH is 1. The molecule has 104 valence electrons. The van der Waals surface area contributed by atoms with Gasteiger partial charge in [-0.1, -0.05) is 13.8 Å². The maximum Gasteiger partial charge on any atom is 0.170 e. The van der Waals surface area contributed by atoms with Crippen LogP contribution in [-0.4, -0.2) is 40.5 Å². The summed E-state index contributed by atoms with van der Waals surface area (Å²) in [7, 11) is 0. The van der Waals surface area contributed by atoms with Crippen molar-refractivity contribution in [2.75, 3.05) is 13.2 Å². The van der Waals surface area contributed by atoms with Crippen LogP contribution in [0.25, 0.3) is 10.9 Å². The van der Waals surface area contributed by atoms with E-state index in [4.69, 9.17) is 4.74 Å². The van der Waals surface area contributed by atoms with Gasteiger partial charge in [0, 0.05) is 29.7 Å². The number of H-pyrrole nitrogens is 1. The molecule has 1 aromatic heterocycles. The molecule has 0 spiro atoms. The maximum atomic E-state index is 9.82. The Kier molecular flexibility index (Phi) is 4.29. The van der Waals surface area contributed by atoms with E-state index in [1.165, 1.54) is 0 Å². The normalized spacial score (nSPS) is 13.1. The number of aromatic nitrogens is 1. The van der Waals surface area contributed by atoms with Crippen molar-refractivity contribution < 1.29 is 14.9 Å². The lowest BCUT2D eigenvalue weighted by molar-refractivity contribution is 0.104. The third kappa shape index (κ3) is 3.39. The molecular formula is C14H20N2O3. The van der Waals surface area contributed by atoms with E-state index in [0.717, 1.165) is 10.9 Å². The third-order valence-corrected chi connectivity index (χ3v) is 2.85. The molecule has 1 heterocycles. The zero-order chi connectivity index (χ0) is 13.8. The van der Waals surface area contributed by atoms with Crippen molar-refractivity contribution in [2.24, 2.45) is 0 Å². The number of aliphatic hydroxyl groups is 1. The lowest BCUT2D eigenvalue weighted by atomic mass is 10.2. The number of hydrogen-bond donors (Lipinski definition) is 4. The summed E-state index contributed by atoms with van der Waals surface area (Å²) in [5.41, 5.74) is 0.891. The fourth-order valence-corrected chi connectivity index (χ4v) is 1.86. The molecule has 0 aliphatic rings. The molecule has 1 aromatic carbocycles.